The van der Waals surface area contributed by atoms with Crippen molar-refractivity contribution in [1.29, 1.82) is 0 Å². The maximum Gasteiger partial charge on any atom is 0.224 e. The van der Waals surface area contributed by atoms with Crippen molar-refractivity contribution < 1.29 is 4.79 Å². The first-order valence-electron chi connectivity index (χ1n) is 12.2. The highest BCUT2D eigenvalue weighted by atomic mass is 16.1. The molecular formula is C28H24N8O. The second-order valence-corrected chi connectivity index (χ2v) is 8.85. The second-order valence-electron chi connectivity index (χ2n) is 8.85. The number of pyridine rings is 4. The maximum absolute atomic E-state index is 12.2. The lowest BCUT2D eigenvalue weighted by molar-refractivity contribution is -0.116. The van der Waals surface area contributed by atoms with Gasteiger partial charge in [-0.3, -0.25) is 19.9 Å². The van der Waals surface area contributed by atoms with Crippen molar-refractivity contribution in [2.24, 2.45) is 0 Å². The Balaban J connectivity index is 1.37. The molecule has 6 aromatic rings. The predicted molar refractivity (Wildman–Crippen MR) is 144 cm³/mol. The number of carbonyl (C=O) groups is 1. The Morgan fingerprint density at radius 1 is 0.919 bits per heavy atom. The third kappa shape index (κ3) is 4.42. The van der Waals surface area contributed by atoms with Gasteiger partial charge in [0.2, 0.25) is 5.91 Å². The summed E-state index contributed by atoms with van der Waals surface area (Å²) in [7, 11) is 0. The van der Waals surface area contributed by atoms with Crippen LogP contribution in [0.15, 0.2) is 73.6 Å². The van der Waals surface area contributed by atoms with E-state index in [0.29, 0.717) is 17.8 Å². The van der Waals surface area contributed by atoms with Crippen molar-refractivity contribution in [1.82, 2.24) is 35.1 Å². The minimum atomic E-state index is -0.00966. The SMILES string of the molecule is CCCCC(=O)Nc1cncc(-c2cnc3n[nH]c(-c4cc5c(-c6cccnc6)ccnc5[nH]4)c3c2)c1. The smallest absolute Gasteiger partial charge is 0.224 e. The van der Waals surface area contributed by atoms with Gasteiger partial charge in [0.05, 0.1) is 23.3 Å². The van der Waals surface area contributed by atoms with Gasteiger partial charge in [-0.25, -0.2) is 9.97 Å². The number of nitrogens with zero attached hydrogens (tertiary/aromatic N) is 5. The van der Waals surface area contributed by atoms with Gasteiger partial charge in [-0.05, 0) is 42.3 Å². The van der Waals surface area contributed by atoms with Crippen molar-refractivity contribution in [3.05, 3.63) is 73.6 Å². The van der Waals surface area contributed by atoms with Gasteiger partial charge in [-0.15, -0.1) is 0 Å². The number of fused-ring (bicyclic) bond motifs is 2. The number of nitrogens with one attached hydrogen (secondary N) is 3. The van der Waals surface area contributed by atoms with Crippen LogP contribution in [0.3, 0.4) is 0 Å². The average molecular weight is 489 g/mol. The normalized spacial score (nSPS) is 11.3. The lowest BCUT2D eigenvalue weighted by Crippen LogP contribution is -2.11. The van der Waals surface area contributed by atoms with Gasteiger partial charge in [0.15, 0.2) is 5.65 Å². The van der Waals surface area contributed by atoms with Gasteiger partial charge >= 0.3 is 0 Å². The first-order valence-corrected chi connectivity index (χ1v) is 12.2. The molecule has 0 bridgehead atoms. The van der Waals surface area contributed by atoms with E-state index in [0.717, 1.165) is 62.9 Å². The number of amides is 1. The Morgan fingerprint density at radius 2 is 1.81 bits per heavy atom. The topological polar surface area (TPSA) is 125 Å². The molecule has 6 heterocycles. The van der Waals surface area contributed by atoms with Gasteiger partial charge < -0.3 is 10.3 Å². The third-order valence-corrected chi connectivity index (χ3v) is 6.30. The average Bonchev–Trinajstić information content (AvgIpc) is 3.56. The van der Waals surface area contributed by atoms with Crippen molar-refractivity contribution in [2.45, 2.75) is 26.2 Å². The number of H-pyrrole nitrogens is 2. The van der Waals surface area contributed by atoms with Crippen molar-refractivity contribution >= 4 is 33.7 Å². The summed E-state index contributed by atoms with van der Waals surface area (Å²) >= 11 is 0. The second kappa shape index (κ2) is 9.62. The lowest BCUT2D eigenvalue weighted by atomic mass is 10.0. The highest BCUT2D eigenvalue weighted by Crippen LogP contribution is 2.34. The van der Waals surface area contributed by atoms with E-state index in [4.69, 9.17) is 0 Å². The van der Waals surface area contributed by atoms with Crippen LogP contribution in [0.2, 0.25) is 0 Å². The number of aromatic nitrogens is 7. The summed E-state index contributed by atoms with van der Waals surface area (Å²) in [5.41, 5.74) is 7.51. The fourth-order valence-electron chi connectivity index (χ4n) is 4.43. The zero-order valence-electron chi connectivity index (χ0n) is 20.2. The lowest BCUT2D eigenvalue weighted by Gasteiger charge is -2.07. The molecule has 0 atom stereocenters. The van der Waals surface area contributed by atoms with Crippen LogP contribution in [0, 0.1) is 0 Å². The van der Waals surface area contributed by atoms with Crippen LogP contribution in [-0.4, -0.2) is 41.0 Å². The van der Waals surface area contributed by atoms with E-state index in [9.17, 15) is 4.79 Å². The van der Waals surface area contributed by atoms with Crippen LogP contribution in [0.25, 0.3) is 55.7 Å². The number of unbranched alkanes of at least 4 members (excludes halogenated alkanes) is 1. The summed E-state index contributed by atoms with van der Waals surface area (Å²) in [4.78, 5) is 33.3. The van der Waals surface area contributed by atoms with Crippen LogP contribution < -0.4 is 5.32 Å². The van der Waals surface area contributed by atoms with E-state index < -0.39 is 0 Å². The van der Waals surface area contributed by atoms with Crippen LogP contribution in [0.5, 0.6) is 0 Å². The van der Waals surface area contributed by atoms with Crippen LogP contribution in [-0.2, 0) is 4.79 Å². The van der Waals surface area contributed by atoms with E-state index in [1.807, 2.05) is 36.5 Å². The molecule has 1 amide bonds. The Labute approximate surface area is 212 Å². The third-order valence-electron chi connectivity index (χ3n) is 6.30. The fraction of sp³-hybridized carbons (Fsp3) is 0.143. The van der Waals surface area contributed by atoms with Crippen molar-refractivity contribution in [3.63, 3.8) is 0 Å². The van der Waals surface area contributed by atoms with Crippen molar-refractivity contribution in [3.8, 4) is 33.6 Å². The van der Waals surface area contributed by atoms with Crippen LogP contribution in [0.1, 0.15) is 26.2 Å². The highest BCUT2D eigenvalue weighted by molar-refractivity contribution is 6.00. The molecule has 6 aromatic heterocycles. The minimum Gasteiger partial charge on any atom is -0.338 e. The number of aromatic amines is 2. The summed E-state index contributed by atoms with van der Waals surface area (Å²) in [6, 6.07) is 11.9. The van der Waals surface area contributed by atoms with Crippen molar-refractivity contribution in [2.75, 3.05) is 5.32 Å². The summed E-state index contributed by atoms with van der Waals surface area (Å²) in [6.45, 7) is 2.06. The van der Waals surface area contributed by atoms with E-state index >= 15 is 0 Å². The van der Waals surface area contributed by atoms with Crippen LogP contribution in [0.4, 0.5) is 5.69 Å². The van der Waals surface area contributed by atoms with E-state index in [1.54, 1.807) is 31.0 Å². The Hall–Kier alpha value is -4.92. The molecule has 0 spiro atoms. The summed E-state index contributed by atoms with van der Waals surface area (Å²) in [5.74, 6) is -0.00966. The molecule has 3 N–H and O–H groups in total. The van der Waals surface area contributed by atoms with E-state index in [-0.39, 0.29) is 5.91 Å². The number of hydrogen-bond acceptors (Lipinski definition) is 6. The Morgan fingerprint density at radius 3 is 2.68 bits per heavy atom. The highest BCUT2D eigenvalue weighted by Gasteiger charge is 2.15. The van der Waals surface area contributed by atoms with E-state index in [1.165, 1.54) is 0 Å². The molecule has 0 aliphatic heterocycles. The zero-order valence-corrected chi connectivity index (χ0v) is 20.2. The number of rotatable bonds is 7. The summed E-state index contributed by atoms with van der Waals surface area (Å²) in [6.07, 6.45) is 12.9. The molecule has 6 rings (SSSR count). The number of hydrogen-bond donors (Lipinski definition) is 3. The Kier molecular flexibility index (Phi) is 5.86. The molecule has 0 saturated heterocycles. The number of carbonyl (C=O) groups excluding carboxylic acids is 1. The van der Waals surface area contributed by atoms with Gasteiger partial charge in [-0.2, -0.15) is 5.10 Å². The monoisotopic (exact) mass is 488 g/mol. The van der Waals surface area contributed by atoms with Crippen LogP contribution >= 0.6 is 0 Å². The summed E-state index contributed by atoms with van der Waals surface area (Å²) in [5, 5.41) is 12.3. The molecule has 0 saturated carbocycles. The first kappa shape index (κ1) is 22.5. The molecule has 0 unspecified atom stereocenters. The quantitative estimate of drug-likeness (QED) is 0.263. The molecule has 0 radical (unpaired) electrons. The molecule has 182 valence electrons. The van der Waals surface area contributed by atoms with Gasteiger partial charge in [0.1, 0.15) is 5.65 Å². The van der Waals surface area contributed by atoms with Gasteiger partial charge in [-0.1, -0.05) is 19.4 Å². The molecular weight excluding hydrogens is 464 g/mol. The molecule has 9 nitrogen and oxygen atoms in total. The molecule has 9 heteroatoms. The fourth-order valence-corrected chi connectivity index (χ4v) is 4.43. The molecule has 0 aromatic carbocycles. The van der Waals surface area contributed by atoms with Gasteiger partial charge in [0.25, 0.3) is 0 Å². The molecule has 0 aliphatic rings. The standard InChI is InChI=1S/C28H24N8O/c1-2-3-6-25(37)33-20-10-18(14-30-16-20)19-11-23-26(35-36-28(23)32-15-19)24-12-22-21(7-9-31-27(22)34-24)17-5-4-8-29-13-17/h4-5,7-16H,2-3,6H2,1H3,(H,31,34)(H,33,37)(H,32,35,36). The van der Waals surface area contributed by atoms with E-state index in [2.05, 4.69) is 53.4 Å². The maximum atomic E-state index is 12.2. The zero-order chi connectivity index (χ0) is 25.2. The first-order chi connectivity index (χ1) is 18.2. The largest absolute Gasteiger partial charge is 0.338 e. The Bertz CT molecular complexity index is 1720. The molecule has 0 aliphatic carbocycles. The molecule has 37 heavy (non-hydrogen) atoms. The minimum absolute atomic E-state index is 0.00966. The summed E-state index contributed by atoms with van der Waals surface area (Å²) < 4.78 is 0. The number of anilines is 1. The molecule has 0 fully saturated rings. The predicted octanol–water partition coefficient (Wildman–Crippen LogP) is 5.75. The van der Waals surface area contributed by atoms with Gasteiger partial charge in [0, 0.05) is 64.9 Å².